The van der Waals surface area contributed by atoms with Gasteiger partial charge in [-0.3, -0.25) is 9.09 Å². The third kappa shape index (κ3) is 1.65. The Bertz CT molecular complexity index is 337. The predicted molar refractivity (Wildman–Crippen MR) is 46.5 cm³/mol. The lowest BCUT2D eigenvalue weighted by Gasteiger charge is -2.20. The maximum atomic E-state index is 11.1. The van der Waals surface area contributed by atoms with Crippen molar-refractivity contribution in [1.29, 1.82) is 0 Å². The van der Waals surface area contributed by atoms with E-state index in [2.05, 4.69) is 9.68 Å². The number of hydrogen-bond donors (Lipinski definition) is 0. The van der Waals surface area contributed by atoms with E-state index < -0.39 is 11.4 Å². The van der Waals surface area contributed by atoms with Gasteiger partial charge in [-0.05, 0) is 20.8 Å². The Balaban J connectivity index is 3.22. The van der Waals surface area contributed by atoms with Crippen LogP contribution in [-0.4, -0.2) is 16.8 Å². The highest BCUT2D eigenvalue weighted by atomic mass is 16.5. The molecule has 1 aromatic heterocycles. The number of rotatable bonds is 3. The zero-order chi connectivity index (χ0) is 10.1. The van der Waals surface area contributed by atoms with E-state index in [9.17, 15) is 4.79 Å². The lowest BCUT2D eigenvalue weighted by Crippen LogP contribution is -2.28. The van der Waals surface area contributed by atoms with Gasteiger partial charge < -0.3 is 4.74 Å². The molecule has 0 saturated heterocycles. The predicted octanol–water partition coefficient (Wildman–Crippen LogP) is 0.738. The average molecular weight is 186 g/mol. The second-order valence-electron chi connectivity index (χ2n) is 3.23. The third-order valence-corrected chi connectivity index (χ3v) is 2.05. The van der Waals surface area contributed by atoms with Crippen molar-refractivity contribution in [3.8, 4) is 0 Å². The van der Waals surface area contributed by atoms with Crippen LogP contribution in [0.5, 0.6) is 0 Å². The Morgan fingerprint density at radius 3 is 2.69 bits per heavy atom. The van der Waals surface area contributed by atoms with Crippen LogP contribution in [0, 0.1) is 0 Å². The first-order chi connectivity index (χ1) is 6.03. The SMILES string of the molecule is CCn1c(C(C)(C)OC)noc1=O. The molecule has 1 aromatic rings. The Hall–Kier alpha value is -1.10. The summed E-state index contributed by atoms with van der Waals surface area (Å²) >= 11 is 0. The lowest BCUT2D eigenvalue weighted by molar-refractivity contribution is 0.00663. The molecule has 0 atom stereocenters. The molecule has 0 bridgehead atoms. The maximum absolute atomic E-state index is 11.1. The molecular weight excluding hydrogens is 172 g/mol. The van der Waals surface area contributed by atoms with Crippen molar-refractivity contribution in [2.45, 2.75) is 32.9 Å². The van der Waals surface area contributed by atoms with Gasteiger partial charge >= 0.3 is 5.76 Å². The summed E-state index contributed by atoms with van der Waals surface area (Å²) < 4.78 is 11.2. The van der Waals surface area contributed by atoms with Crippen LogP contribution in [0.2, 0.25) is 0 Å². The summed E-state index contributed by atoms with van der Waals surface area (Å²) in [4.78, 5) is 11.1. The van der Waals surface area contributed by atoms with Gasteiger partial charge in [-0.2, -0.15) is 0 Å². The monoisotopic (exact) mass is 186 g/mol. The average Bonchev–Trinajstić information content (AvgIpc) is 2.47. The van der Waals surface area contributed by atoms with E-state index in [0.717, 1.165) is 0 Å². The van der Waals surface area contributed by atoms with Crippen molar-refractivity contribution >= 4 is 0 Å². The van der Waals surface area contributed by atoms with Crippen LogP contribution in [0.1, 0.15) is 26.6 Å². The minimum Gasteiger partial charge on any atom is -0.371 e. The van der Waals surface area contributed by atoms with E-state index >= 15 is 0 Å². The topological polar surface area (TPSA) is 57.3 Å². The van der Waals surface area contributed by atoms with Crippen LogP contribution >= 0.6 is 0 Å². The molecular formula is C8H14N2O3. The molecule has 0 radical (unpaired) electrons. The normalized spacial score (nSPS) is 12.0. The van der Waals surface area contributed by atoms with E-state index in [4.69, 9.17) is 4.74 Å². The van der Waals surface area contributed by atoms with Crippen molar-refractivity contribution in [3.05, 3.63) is 16.4 Å². The largest absolute Gasteiger partial charge is 0.441 e. The van der Waals surface area contributed by atoms with E-state index in [1.54, 1.807) is 7.11 Å². The highest BCUT2D eigenvalue weighted by Crippen LogP contribution is 2.20. The molecule has 1 rings (SSSR count). The summed E-state index contributed by atoms with van der Waals surface area (Å²) in [5.41, 5.74) is -0.595. The molecule has 0 aliphatic heterocycles. The minimum absolute atomic E-state index is 0.442. The van der Waals surface area contributed by atoms with Crippen molar-refractivity contribution in [3.63, 3.8) is 0 Å². The van der Waals surface area contributed by atoms with Crippen molar-refractivity contribution < 1.29 is 9.26 Å². The quantitative estimate of drug-likeness (QED) is 0.698. The standard InChI is InChI=1S/C8H14N2O3/c1-5-10-6(8(2,3)12-4)9-13-7(10)11/h5H2,1-4H3. The van der Waals surface area contributed by atoms with Gasteiger partial charge in [-0.25, -0.2) is 4.79 Å². The highest BCUT2D eigenvalue weighted by molar-refractivity contribution is 4.96. The Morgan fingerprint density at radius 1 is 1.62 bits per heavy atom. The van der Waals surface area contributed by atoms with Crippen molar-refractivity contribution in [2.75, 3.05) is 7.11 Å². The van der Waals surface area contributed by atoms with Crippen molar-refractivity contribution in [2.24, 2.45) is 0 Å². The second-order valence-corrected chi connectivity index (χ2v) is 3.23. The van der Waals surface area contributed by atoms with E-state index in [1.807, 2.05) is 20.8 Å². The van der Waals surface area contributed by atoms with Crippen LogP contribution in [0.25, 0.3) is 0 Å². The van der Waals surface area contributed by atoms with Gasteiger partial charge in [0, 0.05) is 13.7 Å². The molecule has 0 fully saturated rings. The first-order valence-electron chi connectivity index (χ1n) is 4.15. The van der Waals surface area contributed by atoms with Gasteiger partial charge in [0.25, 0.3) is 0 Å². The number of ether oxygens (including phenoxy) is 1. The summed E-state index contributed by atoms with van der Waals surface area (Å²) in [5, 5.41) is 3.68. The van der Waals surface area contributed by atoms with E-state index in [0.29, 0.717) is 12.4 Å². The summed E-state index contributed by atoms with van der Waals surface area (Å²) in [7, 11) is 1.57. The first kappa shape index (κ1) is 9.98. The van der Waals surface area contributed by atoms with Crippen LogP contribution in [0.4, 0.5) is 0 Å². The molecule has 0 aromatic carbocycles. The molecule has 0 N–H and O–H groups in total. The molecule has 1 heterocycles. The molecule has 0 amide bonds. The minimum atomic E-state index is -0.595. The van der Waals surface area contributed by atoms with Crippen LogP contribution in [0.15, 0.2) is 9.32 Å². The number of methoxy groups -OCH3 is 1. The number of hydrogen-bond acceptors (Lipinski definition) is 4. The molecule has 0 aliphatic carbocycles. The summed E-state index contributed by atoms with van der Waals surface area (Å²) in [6, 6.07) is 0. The molecule has 0 saturated carbocycles. The van der Waals surface area contributed by atoms with E-state index in [1.165, 1.54) is 4.57 Å². The number of aromatic nitrogens is 2. The fraction of sp³-hybridized carbons (Fsp3) is 0.750. The second kappa shape index (κ2) is 3.33. The van der Waals surface area contributed by atoms with Crippen LogP contribution in [0.3, 0.4) is 0 Å². The van der Waals surface area contributed by atoms with Crippen molar-refractivity contribution in [1.82, 2.24) is 9.72 Å². The first-order valence-corrected chi connectivity index (χ1v) is 4.15. The molecule has 5 nitrogen and oxygen atoms in total. The zero-order valence-corrected chi connectivity index (χ0v) is 8.33. The van der Waals surface area contributed by atoms with Crippen LogP contribution in [-0.2, 0) is 16.9 Å². The number of nitrogens with zero attached hydrogens (tertiary/aromatic N) is 2. The third-order valence-electron chi connectivity index (χ3n) is 2.05. The molecule has 0 unspecified atom stereocenters. The fourth-order valence-electron chi connectivity index (χ4n) is 1.07. The zero-order valence-electron chi connectivity index (χ0n) is 8.33. The van der Waals surface area contributed by atoms with Gasteiger partial charge in [-0.15, -0.1) is 0 Å². The van der Waals surface area contributed by atoms with Gasteiger partial charge in [0.2, 0.25) is 0 Å². The maximum Gasteiger partial charge on any atom is 0.441 e. The molecule has 5 heteroatoms. The summed E-state index contributed by atoms with van der Waals surface area (Å²) in [6.45, 7) is 6.05. The molecule has 13 heavy (non-hydrogen) atoms. The van der Waals surface area contributed by atoms with E-state index in [-0.39, 0.29) is 0 Å². The lowest BCUT2D eigenvalue weighted by atomic mass is 10.1. The van der Waals surface area contributed by atoms with Gasteiger partial charge in [-0.1, -0.05) is 5.16 Å². The summed E-state index contributed by atoms with van der Waals surface area (Å²) in [6.07, 6.45) is 0. The molecule has 74 valence electrons. The fourth-order valence-corrected chi connectivity index (χ4v) is 1.07. The van der Waals surface area contributed by atoms with Gasteiger partial charge in [0.1, 0.15) is 5.60 Å². The Labute approximate surface area is 76.3 Å². The smallest absolute Gasteiger partial charge is 0.371 e. The highest BCUT2D eigenvalue weighted by Gasteiger charge is 2.27. The van der Waals surface area contributed by atoms with Crippen LogP contribution < -0.4 is 5.76 Å². The summed E-state index contributed by atoms with van der Waals surface area (Å²) in [5.74, 6) is 0.0742. The molecule has 0 spiro atoms. The molecule has 0 aliphatic rings. The van der Waals surface area contributed by atoms with Gasteiger partial charge in [0.05, 0.1) is 0 Å². The Kier molecular flexibility index (Phi) is 2.56. The van der Waals surface area contributed by atoms with Gasteiger partial charge in [0.15, 0.2) is 5.82 Å². The Morgan fingerprint density at radius 2 is 2.23 bits per heavy atom.